The number of ether oxygens (including phenoxy) is 1. The van der Waals surface area contributed by atoms with Crippen LogP contribution in [0.2, 0.25) is 0 Å². The summed E-state index contributed by atoms with van der Waals surface area (Å²) in [5.41, 5.74) is 11.0. The van der Waals surface area contributed by atoms with E-state index in [1.807, 2.05) is 121 Å². The first-order chi connectivity index (χ1) is 24.2. The predicted molar refractivity (Wildman–Crippen MR) is 215 cm³/mol. The minimum atomic E-state index is -0.975. The van der Waals surface area contributed by atoms with Crippen molar-refractivity contribution in [2.75, 3.05) is 16.4 Å². The van der Waals surface area contributed by atoms with Gasteiger partial charge in [0.15, 0.2) is 6.29 Å². The molecular formula is C41H43Br2N3O5. The molecule has 0 saturated heterocycles. The van der Waals surface area contributed by atoms with E-state index >= 15 is 0 Å². The SMILES string of the molecule is CC(=O)Nc1ccc(Br)cc1.CC(=O)Nc1ccc(C#Cc2ccccc2)cc1.CC(=O)OC(C)O.Cc1ccccc1.Nc1ccc(Br)cc1. The molecular weight excluding hydrogens is 774 g/mol. The fraction of sp³-hybridized carbons (Fsp3) is 0.146. The number of hydrogen-bond donors (Lipinski definition) is 4. The van der Waals surface area contributed by atoms with Gasteiger partial charge < -0.3 is 26.2 Å². The highest BCUT2D eigenvalue weighted by Crippen LogP contribution is 2.14. The number of amides is 2. The lowest BCUT2D eigenvalue weighted by atomic mass is 10.1. The molecule has 51 heavy (non-hydrogen) atoms. The van der Waals surface area contributed by atoms with Crippen LogP contribution in [0, 0.1) is 18.8 Å². The van der Waals surface area contributed by atoms with E-state index in [-0.39, 0.29) is 11.8 Å². The zero-order chi connectivity index (χ0) is 38.0. The van der Waals surface area contributed by atoms with Crippen LogP contribution >= 0.6 is 31.9 Å². The Hall–Kier alpha value is -5.21. The molecule has 10 heteroatoms. The summed E-state index contributed by atoms with van der Waals surface area (Å²) in [4.78, 5) is 31.3. The van der Waals surface area contributed by atoms with Crippen LogP contribution in [-0.2, 0) is 19.1 Å². The van der Waals surface area contributed by atoms with Gasteiger partial charge in [-0.1, -0.05) is 97.8 Å². The van der Waals surface area contributed by atoms with Crippen molar-refractivity contribution in [1.82, 2.24) is 0 Å². The maximum absolute atomic E-state index is 10.9. The Morgan fingerprint density at radius 3 is 1.31 bits per heavy atom. The lowest BCUT2D eigenvalue weighted by Gasteiger charge is -2.00. The lowest BCUT2D eigenvalue weighted by molar-refractivity contribution is -0.161. The molecule has 0 aliphatic heterocycles. The summed E-state index contributed by atoms with van der Waals surface area (Å²) in [6.07, 6.45) is -0.975. The van der Waals surface area contributed by atoms with E-state index in [9.17, 15) is 14.4 Å². The van der Waals surface area contributed by atoms with E-state index < -0.39 is 12.3 Å². The third-order valence-electron chi connectivity index (χ3n) is 5.64. The molecule has 8 nitrogen and oxygen atoms in total. The number of carbonyl (C=O) groups excluding carboxylic acids is 3. The summed E-state index contributed by atoms with van der Waals surface area (Å²) in [7, 11) is 0. The van der Waals surface area contributed by atoms with Gasteiger partial charge >= 0.3 is 5.97 Å². The van der Waals surface area contributed by atoms with Gasteiger partial charge in [0.25, 0.3) is 0 Å². The molecule has 0 aliphatic carbocycles. The number of aryl methyl sites for hydroxylation is 1. The van der Waals surface area contributed by atoms with Crippen molar-refractivity contribution >= 4 is 66.7 Å². The van der Waals surface area contributed by atoms with E-state index in [1.54, 1.807) is 0 Å². The van der Waals surface area contributed by atoms with Gasteiger partial charge in [-0.2, -0.15) is 0 Å². The zero-order valence-corrected chi connectivity index (χ0v) is 32.4. The highest BCUT2D eigenvalue weighted by atomic mass is 79.9. The average molecular weight is 818 g/mol. The molecule has 0 aliphatic rings. The van der Waals surface area contributed by atoms with Gasteiger partial charge in [-0.15, -0.1) is 0 Å². The molecule has 0 saturated carbocycles. The minimum absolute atomic E-state index is 0.0488. The van der Waals surface area contributed by atoms with Crippen LogP contribution in [0.4, 0.5) is 17.1 Å². The Labute approximate surface area is 317 Å². The first-order valence-electron chi connectivity index (χ1n) is 15.6. The Bertz CT molecular complexity index is 1770. The van der Waals surface area contributed by atoms with E-state index in [1.165, 1.54) is 33.3 Å². The minimum Gasteiger partial charge on any atom is -0.436 e. The average Bonchev–Trinajstić information content (AvgIpc) is 3.08. The van der Waals surface area contributed by atoms with Gasteiger partial charge in [0, 0.05) is 57.9 Å². The molecule has 1 atom stereocenters. The van der Waals surface area contributed by atoms with Crippen molar-refractivity contribution in [3.63, 3.8) is 0 Å². The smallest absolute Gasteiger partial charge is 0.304 e. The third-order valence-corrected chi connectivity index (χ3v) is 6.70. The summed E-state index contributed by atoms with van der Waals surface area (Å²) < 4.78 is 6.23. The van der Waals surface area contributed by atoms with Crippen molar-refractivity contribution in [1.29, 1.82) is 0 Å². The number of halogens is 2. The second kappa shape index (κ2) is 25.7. The Morgan fingerprint density at radius 2 is 1.00 bits per heavy atom. The summed E-state index contributed by atoms with van der Waals surface area (Å²) in [6, 6.07) is 42.5. The molecule has 1 unspecified atom stereocenters. The predicted octanol–water partition coefficient (Wildman–Crippen LogP) is 9.37. The number of carbonyl (C=O) groups is 3. The van der Waals surface area contributed by atoms with Crippen LogP contribution in [-0.4, -0.2) is 29.2 Å². The highest BCUT2D eigenvalue weighted by molar-refractivity contribution is 9.10. The number of aliphatic hydroxyl groups is 1. The maximum atomic E-state index is 10.9. The normalized spacial score (nSPS) is 9.65. The van der Waals surface area contributed by atoms with E-state index in [0.717, 1.165) is 37.1 Å². The van der Waals surface area contributed by atoms with E-state index in [0.29, 0.717) is 0 Å². The van der Waals surface area contributed by atoms with E-state index in [4.69, 9.17) is 10.8 Å². The van der Waals surface area contributed by atoms with Crippen molar-refractivity contribution in [3.05, 3.63) is 159 Å². The second-order valence-corrected chi connectivity index (χ2v) is 12.3. The maximum Gasteiger partial charge on any atom is 0.304 e. The van der Waals surface area contributed by atoms with Gasteiger partial charge in [-0.3, -0.25) is 14.4 Å². The van der Waals surface area contributed by atoms with Crippen molar-refractivity contribution < 1.29 is 24.2 Å². The number of hydrogen-bond acceptors (Lipinski definition) is 6. The second-order valence-electron chi connectivity index (χ2n) is 10.5. The van der Waals surface area contributed by atoms with Gasteiger partial charge in [0.1, 0.15) is 0 Å². The number of benzene rings is 5. The van der Waals surface area contributed by atoms with Crippen LogP contribution in [0.5, 0.6) is 0 Å². The third kappa shape index (κ3) is 24.6. The summed E-state index contributed by atoms with van der Waals surface area (Å²) in [5, 5.41) is 13.7. The zero-order valence-electron chi connectivity index (χ0n) is 29.2. The number of nitrogens with two attached hydrogens (primary N) is 1. The highest BCUT2D eigenvalue weighted by Gasteiger charge is 1.96. The first-order valence-corrected chi connectivity index (χ1v) is 17.2. The standard InChI is InChI=1S/C16H13NO.C8H8BrNO.C7H8.C6H6BrN.C4H8O3/c1-13(18)17-16-11-9-15(10-12-16)8-7-14-5-3-2-4-6-14;1-6(11)10-8-4-2-7(9)3-5-8;1-7-5-3-2-4-6-7;7-5-1-3-6(8)4-2-5;1-3(5)7-4(2)6/h2-6,9-12H,1H3,(H,17,18);2-5H,1H3,(H,10,11);2-6H,1H3;1-4H,8H2;3,5H,1-2H3. The van der Waals surface area contributed by atoms with Crippen LogP contribution in [0.3, 0.4) is 0 Å². The molecule has 0 aromatic heterocycles. The fourth-order valence-corrected chi connectivity index (χ4v) is 4.01. The van der Waals surface area contributed by atoms with Gasteiger partial charge in [0.05, 0.1) is 0 Å². The fourth-order valence-electron chi connectivity index (χ4n) is 3.48. The van der Waals surface area contributed by atoms with Crippen LogP contribution < -0.4 is 16.4 Å². The lowest BCUT2D eigenvalue weighted by Crippen LogP contribution is -2.09. The summed E-state index contributed by atoms with van der Waals surface area (Å²) >= 11 is 6.59. The van der Waals surface area contributed by atoms with Gasteiger partial charge in [-0.25, -0.2) is 0 Å². The van der Waals surface area contributed by atoms with E-state index in [2.05, 4.69) is 78.1 Å². The number of aliphatic hydroxyl groups excluding tert-OH is 1. The Kier molecular flexibility index (Phi) is 22.1. The number of esters is 1. The Balaban J connectivity index is 0.000000340. The molecule has 0 spiro atoms. The van der Waals surface area contributed by atoms with Crippen LogP contribution in [0.15, 0.2) is 142 Å². The van der Waals surface area contributed by atoms with Crippen LogP contribution in [0.25, 0.3) is 0 Å². The molecule has 5 aromatic rings. The molecule has 5 aromatic carbocycles. The Morgan fingerprint density at radius 1 is 0.627 bits per heavy atom. The van der Waals surface area contributed by atoms with Crippen LogP contribution in [0.1, 0.15) is 44.4 Å². The molecule has 0 radical (unpaired) electrons. The molecule has 0 fully saturated rings. The molecule has 2 amide bonds. The van der Waals surface area contributed by atoms with Crippen molar-refractivity contribution in [2.45, 2.75) is 40.9 Å². The number of nitrogens with one attached hydrogen (secondary N) is 2. The molecule has 0 bridgehead atoms. The molecule has 0 heterocycles. The summed E-state index contributed by atoms with van der Waals surface area (Å²) in [6.45, 7) is 7.68. The quantitative estimate of drug-likeness (QED) is 0.0622. The summed E-state index contributed by atoms with van der Waals surface area (Å²) in [5.74, 6) is 5.58. The van der Waals surface area contributed by atoms with Gasteiger partial charge in [0.2, 0.25) is 11.8 Å². The molecule has 266 valence electrons. The largest absolute Gasteiger partial charge is 0.436 e. The number of nitrogen functional groups attached to an aromatic ring is 1. The number of anilines is 3. The monoisotopic (exact) mass is 815 g/mol. The van der Waals surface area contributed by atoms with Crippen molar-refractivity contribution in [3.8, 4) is 11.8 Å². The molecule has 5 rings (SSSR count). The molecule has 5 N–H and O–H groups in total. The van der Waals surface area contributed by atoms with Gasteiger partial charge in [-0.05, 0) is 98.8 Å². The number of rotatable bonds is 3. The van der Waals surface area contributed by atoms with Crippen molar-refractivity contribution in [2.24, 2.45) is 0 Å². The topological polar surface area (TPSA) is 131 Å². The first kappa shape index (κ1) is 43.8.